The van der Waals surface area contributed by atoms with Crippen LogP contribution in [0.4, 0.5) is 18.9 Å². The summed E-state index contributed by atoms with van der Waals surface area (Å²) in [6.07, 6.45) is 0.566. The Kier molecular flexibility index (Phi) is 6.30. The molecule has 0 spiro atoms. The maximum absolute atomic E-state index is 13.3. The molecule has 4 rings (SSSR count). The number of hydrogen-bond donors (Lipinski definition) is 1. The number of nitrogens with one attached hydrogen (secondary N) is 1. The summed E-state index contributed by atoms with van der Waals surface area (Å²) in [5.41, 5.74) is 0.936. The summed E-state index contributed by atoms with van der Waals surface area (Å²) in [6, 6.07) is 6.66. The maximum atomic E-state index is 13.3. The van der Waals surface area contributed by atoms with Gasteiger partial charge in [0.1, 0.15) is 6.04 Å². The van der Waals surface area contributed by atoms with E-state index in [1.54, 1.807) is 0 Å². The van der Waals surface area contributed by atoms with E-state index in [4.69, 9.17) is 11.6 Å². The molecular formula is C22H26ClF3N4O. The van der Waals surface area contributed by atoms with Crippen molar-refractivity contribution >= 4 is 23.2 Å². The first-order valence-corrected chi connectivity index (χ1v) is 11.1. The van der Waals surface area contributed by atoms with E-state index in [9.17, 15) is 18.0 Å². The third kappa shape index (κ3) is 5.06. The Morgan fingerprint density at radius 1 is 1.19 bits per heavy atom. The molecule has 1 aliphatic heterocycles. The summed E-state index contributed by atoms with van der Waals surface area (Å²) >= 11 is 6.02. The molecule has 1 N–H and O–H groups in total. The Morgan fingerprint density at radius 2 is 1.84 bits per heavy atom. The van der Waals surface area contributed by atoms with Crippen LogP contribution in [0.1, 0.15) is 67.9 Å². The molecule has 9 heteroatoms. The van der Waals surface area contributed by atoms with Gasteiger partial charge in [0.2, 0.25) is 5.91 Å². The number of rotatable bonds is 6. The Morgan fingerprint density at radius 3 is 2.42 bits per heavy atom. The molecule has 1 saturated carbocycles. The van der Waals surface area contributed by atoms with Gasteiger partial charge < -0.3 is 5.32 Å². The van der Waals surface area contributed by atoms with Crippen molar-refractivity contribution < 1.29 is 18.0 Å². The molecule has 1 unspecified atom stereocenters. The molecule has 1 aliphatic carbocycles. The smallest absolute Gasteiger partial charge is 0.324 e. The molecule has 0 radical (unpaired) electrons. The second-order valence-electron chi connectivity index (χ2n) is 8.46. The molecule has 31 heavy (non-hydrogen) atoms. The summed E-state index contributed by atoms with van der Waals surface area (Å²) in [6.45, 7) is 4.62. The van der Waals surface area contributed by atoms with Crippen LogP contribution in [0.5, 0.6) is 0 Å². The number of anilines is 1. The van der Waals surface area contributed by atoms with Gasteiger partial charge in [-0.2, -0.15) is 18.3 Å². The molecule has 2 aromatic rings. The van der Waals surface area contributed by atoms with E-state index >= 15 is 0 Å². The Bertz CT molecular complexity index is 931. The quantitative estimate of drug-likeness (QED) is 0.616. The molecule has 1 aromatic carbocycles. The van der Waals surface area contributed by atoms with Crippen LogP contribution in [-0.4, -0.2) is 33.7 Å². The highest BCUT2D eigenvalue weighted by Crippen LogP contribution is 2.47. The second-order valence-corrected chi connectivity index (χ2v) is 8.84. The molecule has 1 amide bonds. The van der Waals surface area contributed by atoms with Crippen molar-refractivity contribution in [2.24, 2.45) is 0 Å². The van der Waals surface area contributed by atoms with Gasteiger partial charge in [-0.1, -0.05) is 30.2 Å². The fourth-order valence-electron chi connectivity index (χ4n) is 4.05. The highest BCUT2D eigenvalue weighted by atomic mass is 35.5. The fourth-order valence-corrected chi connectivity index (χ4v) is 4.44. The fraction of sp³-hybridized carbons (Fsp3) is 0.545. The first-order valence-electron chi connectivity index (χ1n) is 10.7. The number of piperidine rings is 1. The number of alkyl halides is 3. The number of hydrogen-bond acceptors (Lipinski definition) is 3. The minimum absolute atomic E-state index is 0.0829. The topological polar surface area (TPSA) is 50.2 Å². The summed E-state index contributed by atoms with van der Waals surface area (Å²) in [5, 5.41) is 6.07. The van der Waals surface area contributed by atoms with E-state index in [1.807, 2.05) is 24.3 Å². The number of benzene rings is 1. The summed E-state index contributed by atoms with van der Waals surface area (Å²) in [7, 11) is 0. The monoisotopic (exact) mass is 454 g/mol. The number of carbonyl (C=O) groups excluding carboxylic acids is 1. The predicted octanol–water partition coefficient (Wildman–Crippen LogP) is 5.62. The average molecular weight is 455 g/mol. The van der Waals surface area contributed by atoms with Crippen molar-refractivity contribution in [2.45, 2.75) is 63.7 Å². The third-order valence-electron chi connectivity index (χ3n) is 5.94. The largest absolute Gasteiger partial charge is 0.436 e. The van der Waals surface area contributed by atoms with Crippen molar-refractivity contribution in [2.75, 3.05) is 18.4 Å². The van der Waals surface area contributed by atoms with Gasteiger partial charge in [0.25, 0.3) is 0 Å². The molecule has 1 saturated heterocycles. The third-order valence-corrected chi connectivity index (χ3v) is 6.32. The number of nitrogens with zero attached hydrogens (tertiary/aromatic N) is 3. The lowest BCUT2D eigenvalue weighted by Crippen LogP contribution is -2.29. The lowest BCUT2D eigenvalue weighted by molar-refractivity contribution is -0.141. The normalized spacial score (nSPS) is 18.7. The Hall–Kier alpha value is -2.06. The highest BCUT2D eigenvalue weighted by Gasteiger charge is 2.43. The van der Waals surface area contributed by atoms with E-state index in [0.717, 1.165) is 42.7 Å². The van der Waals surface area contributed by atoms with E-state index in [0.29, 0.717) is 11.4 Å². The molecule has 2 fully saturated rings. The maximum Gasteiger partial charge on any atom is 0.436 e. The van der Waals surface area contributed by atoms with Gasteiger partial charge in [-0.05, 0) is 63.4 Å². The Labute approximate surface area is 184 Å². The molecule has 1 atom stereocenters. The number of amides is 1. The van der Waals surface area contributed by atoms with Crippen molar-refractivity contribution in [1.82, 2.24) is 14.7 Å². The van der Waals surface area contributed by atoms with E-state index in [-0.39, 0.29) is 5.92 Å². The lowest BCUT2D eigenvalue weighted by atomic mass is 10.1. The summed E-state index contributed by atoms with van der Waals surface area (Å²) in [4.78, 5) is 15.2. The molecule has 2 aliphatic rings. The molecule has 1 aromatic heterocycles. The zero-order chi connectivity index (χ0) is 22.2. The van der Waals surface area contributed by atoms with Crippen LogP contribution in [0.15, 0.2) is 24.3 Å². The SMILES string of the molecule is CC(C(=O)Nc1ccc(CN2CCCCC2)cc1)n1nc(C(F)(F)F)c(Cl)c1C1CC1. The van der Waals surface area contributed by atoms with Crippen molar-refractivity contribution in [1.29, 1.82) is 0 Å². The van der Waals surface area contributed by atoms with Gasteiger partial charge in [0, 0.05) is 18.2 Å². The number of halogens is 4. The minimum Gasteiger partial charge on any atom is -0.324 e. The number of carbonyl (C=O) groups is 1. The first-order chi connectivity index (χ1) is 14.7. The van der Waals surface area contributed by atoms with Crippen molar-refractivity contribution in [3.8, 4) is 0 Å². The van der Waals surface area contributed by atoms with Crippen LogP contribution in [-0.2, 0) is 17.5 Å². The van der Waals surface area contributed by atoms with Gasteiger partial charge in [-0.15, -0.1) is 0 Å². The molecule has 2 heterocycles. The Balaban J connectivity index is 1.45. The van der Waals surface area contributed by atoms with Crippen LogP contribution >= 0.6 is 11.6 Å². The van der Waals surface area contributed by atoms with Gasteiger partial charge in [-0.3, -0.25) is 14.4 Å². The summed E-state index contributed by atoms with van der Waals surface area (Å²) in [5.74, 6) is -0.515. The van der Waals surface area contributed by atoms with Crippen LogP contribution in [0, 0.1) is 0 Å². The standard InChI is InChI=1S/C22H26ClF3N4O/c1-14(30-19(16-7-8-16)18(23)20(28-30)22(24,25)26)21(31)27-17-9-5-15(6-10-17)13-29-11-3-2-4-12-29/h5-6,9-10,14,16H,2-4,7-8,11-13H2,1H3,(H,27,31). The van der Waals surface area contributed by atoms with Crippen molar-refractivity contribution in [3.05, 3.63) is 46.2 Å². The molecule has 5 nitrogen and oxygen atoms in total. The van der Waals surface area contributed by atoms with Crippen LogP contribution in [0.3, 0.4) is 0 Å². The van der Waals surface area contributed by atoms with E-state index in [2.05, 4.69) is 15.3 Å². The van der Waals surface area contributed by atoms with E-state index < -0.39 is 28.8 Å². The molecule has 168 valence electrons. The van der Waals surface area contributed by atoms with Crippen molar-refractivity contribution in [3.63, 3.8) is 0 Å². The molecular weight excluding hydrogens is 429 g/mol. The zero-order valence-electron chi connectivity index (χ0n) is 17.4. The number of likely N-dealkylation sites (tertiary alicyclic amines) is 1. The van der Waals surface area contributed by atoms with Crippen LogP contribution < -0.4 is 5.32 Å². The van der Waals surface area contributed by atoms with Crippen LogP contribution in [0.2, 0.25) is 5.02 Å². The van der Waals surface area contributed by atoms with Gasteiger partial charge in [0.05, 0.1) is 10.7 Å². The molecule has 0 bridgehead atoms. The number of aromatic nitrogens is 2. The highest BCUT2D eigenvalue weighted by molar-refractivity contribution is 6.32. The van der Waals surface area contributed by atoms with Gasteiger partial charge in [0.15, 0.2) is 5.69 Å². The predicted molar refractivity (Wildman–Crippen MR) is 113 cm³/mol. The van der Waals surface area contributed by atoms with Gasteiger partial charge >= 0.3 is 6.18 Å². The lowest BCUT2D eigenvalue weighted by Gasteiger charge is -2.26. The van der Waals surface area contributed by atoms with Crippen LogP contribution in [0.25, 0.3) is 0 Å². The second kappa shape index (κ2) is 8.82. The zero-order valence-corrected chi connectivity index (χ0v) is 18.1. The summed E-state index contributed by atoms with van der Waals surface area (Å²) < 4.78 is 41.0. The minimum atomic E-state index is -4.66. The van der Waals surface area contributed by atoms with Gasteiger partial charge in [-0.25, -0.2) is 0 Å². The average Bonchev–Trinajstić information content (AvgIpc) is 3.50. The first kappa shape index (κ1) is 22.1. The van der Waals surface area contributed by atoms with E-state index in [1.165, 1.54) is 26.2 Å².